The Bertz CT molecular complexity index is 952. The minimum atomic E-state index is -1.04. The van der Waals surface area contributed by atoms with Crippen molar-refractivity contribution in [1.82, 2.24) is 15.5 Å². The number of rotatable bonds is 13. The zero-order valence-corrected chi connectivity index (χ0v) is 25.2. The van der Waals surface area contributed by atoms with E-state index in [4.69, 9.17) is 15.3 Å². The maximum absolute atomic E-state index is 13.8. The van der Waals surface area contributed by atoms with Crippen molar-refractivity contribution in [2.75, 3.05) is 13.2 Å². The minimum Gasteiger partial charge on any atom is -0.350 e. The van der Waals surface area contributed by atoms with Gasteiger partial charge in [-0.2, -0.15) is 0 Å². The van der Waals surface area contributed by atoms with Gasteiger partial charge in [-0.05, 0) is 55.9 Å². The van der Waals surface area contributed by atoms with Gasteiger partial charge in [0.2, 0.25) is 5.91 Å². The first-order chi connectivity index (χ1) is 18.9. The van der Waals surface area contributed by atoms with E-state index in [-0.39, 0.29) is 36.6 Å². The fourth-order valence-corrected chi connectivity index (χ4v) is 4.21. The topological polar surface area (TPSA) is 114 Å². The average Bonchev–Trinajstić information content (AvgIpc) is 2.91. The lowest BCUT2D eigenvalue weighted by atomic mass is 9.92. The summed E-state index contributed by atoms with van der Waals surface area (Å²) >= 11 is 0. The van der Waals surface area contributed by atoms with Crippen molar-refractivity contribution in [3.63, 3.8) is 0 Å². The number of ether oxygens (including phenoxy) is 1. The van der Waals surface area contributed by atoms with E-state index in [1.54, 1.807) is 6.92 Å². The zero-order valence-electron chi connectivity index (χ0n) is 25.2. The molecule has 0 spiro atoms. The number of nitrogens with zero attached hydrogens (tertiary/aromatic N) is 2. The molecule has 2 rings (SSSR count). The number of benzene rings is 1. The van der Waals surface area contributed by atoms with Gasteiger partial charge in [0, 0.05) is 26.0 Å². The molecule has 0 radical (unpaired) electrons. The smallest absolute Gasteiger partial charge is 0.268 e. The summed E-state index contributed by atoms with van der Waals surface area (Å²) in [5.74, 6) is -0.972. The molecule has 40 heavy (non-hydrogen) atoms. The molecular formula is C31H50N4O5. The van der Waals surface area contributed by atoms with E-state index in [1.165, 1.54) is 10.0 Å². The van der Waals surface area contributed by atoms with Gasteiger partial charge >= 0.3 is 0 Å². The van der Waals surface area contributed by atoms with E-state index < -0.39 is 30.2 Å². The van der Waals surface area contributed by atoms with E-state index in [2.05, 4.69) is 26.3 Å². The Morgan fingerprint density at radius 3 is 2.42 bits per heavy atom. The maximum Gasteiger partial charge on any atom is 0.268 e. The summed E-state index contributed by atoms with van der Waals surface area (Å²) in [5, 5.41) is 2.71. The van der Waals surface area contributed by atoms with Gasteiger partial charge in [-0.3, -0.25) is 14.4 Å². The van der Waals surface area contributed by atoms with Crippen LogP contribution < -0.4 is 11.2 Å². The second-order valence-electron chi connectivity index (χ2n) is 12.2. The predicted octanol–water partition coefficient (Wildman–Crippen LogP) is 4.82. The number of nitrogens with one attached hydrogen (secondary N) is 1. The van der Waals surface area contributed by atoms with Crippen LogP contribution in [0.5, 0.6) is 0 Å². The molecule has 0 bridgehead atoms. The van der Waals surface area contributed by atoms with Crippen LogP contribution in [0, 0.1) is 11.3 Å². The molecule has 1 aromatic rings. The van der Waals surface area contributed by atoms with E-state index in [9.17, 15) is 14.4 Å². The van der Waals surface area contributed by atoms with E-state index in [1.807, 2.05) is 56.3 Å². The lowest BCUT2D eigenvalue weighted by molar-refractivity contribution is -0.206. The molecule has 3 N–H and O–H groups in total. The van der Waals surface area contributed by atoms with Crippen LogP contribution in [0.1, 0.15) is 92.1 Å². The average molecular weight is 559 g/mol. The third-order valence-electron chi connectivity index (χ3n) is 6.66. The molecule has 1 unspecified atom stereocenters. The van der Waals surface area contributed by atoms with Crippen LogP contribution >= 0.6 is 0 Å². The summed E-state index contributed by atoms with van der Waals surface area (Å²) in [6, 6.07) is 7.81. The molecule has 0 aromatic heterocycles. The Hall–Kier alpha value is -2.75. The third kappa shape index (κ3) is 11.8. The second kappa shape index (κ2) is 16.5. The van der Waals surface area contributed by atoms with Crippen molar-refractivity contribution >= 4 is 23.8 Å². The first kappa shape index (κ1) is 33.5. The molecule has 0 aliphatic carbocycles. The van der Waals surface area contributed by atoms with Gasteiger partial charge in [-0.1, -0.05) is 77.1 Å². The molecule has 9 nitrogen and oxygen atoms in total. The second-order valence-corrected chi connectivity index (χ2v) is 12.2. The van der Waals surface area contributed by atoms with Crippen molar-refractivity contribution in [2.45, 2.75) is 105 Å². The summed E-state index contributed by atoms with van der Waals surface area (Å²) in [4.78, 5) is 46.7. The Kier molecular flexibility index (Phi) is 13.8. The van der Waals surface area contributed by atoms with Crippen molar-refractivity contribution in [3.8, 4) is 0 Å². The highest BCUT2D eigenvalue weighted by molar-refractivity contribution is 5.90. The minimum absolute atomic E-state index is 0.116. The van der Waals surface area contributed by atoms with Crippen LogP contribution in [0.3, 0.4) is 0 Å². The molecule has 1 heterocycles. The molecule has 224 valence electrons. The van der Waals surface area contributed by atoms with Gasteiger partial charge in [0.05, 0.1) is 6.04 Å². The number of hydrogen-bond donors (Lipinski definition) is 2. The summed E-state index contributed by atoms with van der Waals surface area (Å²) in [7, 11) is 0. The van der Waals surface area contributed by atoms with Crippen LogP contribution in [0.2, 0.25) is 0 Å². The number of hydroxylamine groups is 1. The van der Waals surface area contributed by atoms with Gasteiger partial charge in [0.25, 0.3) is 11.8 Å². The third-order valence-corrected chi connectivity index (χ3v) is 6.66. The summed E-state index contributed by atoms with van der Waals surface area (Å²) < 4.78 is 5.60. The largest absolute Gasteiger partial charge is 0.350 e. The van der Waals surface area contributed by atoms with Crippen LogP contribution in [0.4, 0.5) is 0 Å². The molecule has 1 aromatic carbocycles. The molecule has 0 saturated carbocycles. The first-order valence-corrected chi connectivity index (χ1v) is 14.6. The highest BCUT2D eigenvalue weighted by Crippen LogP contribution is 2.23. The Morgan fingerprint density at radius 2 is 1.85 bits per heavy atom. The normalized spacial score (nSPS) is 17.4. The zero-order chi connectivity index (χ0) is 29.7. The molecule has 3 atom stereocenters. The predicted molar refractivity (Wildman–Crippen MR) is 157 cm³/mol. The fraction of sp³-hybridized carbons (Fsp3) is 0.645. The van der Waals surface area contributed by atoms with Gasteiger partial charge in [-0.25, -0.2) is 20.3 Å². The van der Waals surface area contributed by atoms with Gasteiger partial charge in [0.15, 0.2) is 6.29 Å². The van der Waals surface area contributed by atoms with Gasteiger partial charge < -0.3 is 10.5 Å². The van der Waals surface area contributed by atoms with Crippen molar-refractivity contribution in [2.24, 2.45) is 17.1 Å². The molecular weight excluding hydrogens is 508 g/mol. The van der Waals surface area contributed by atoms with Crippen molar-refractivity contribution in [1.29, 1.82) is 0 Å². The Labute approximate surface area is 240 Å². The number of amides is 3. The standard InChI is InChI=1S/C31H50N4O5/c1-23(2)18-19-27(36)35(34(30(38)24(3)32)21-20-31(4,5)6)26(16-12-15-25-13-8-7-9-14-25)29(37)33-40-28-17-10-11-22-39-28/h7-9,12-15,23-24,26,28H,10-11,16-22,32H2,1-6H3,(H,33,37)/t24-,26+,28?/m1/s1. The molecule has 9 heteroatoms. The summed E-state index contributed by atoms with van der Waals surface area (Å²) in [6.45, 7) is 12.7. The van der Waals surface area contributed by atoms with Gasteiger partial charge in [-0.15, -0.1) is 0 Å². The molecule has 1 aliphatic rings. The van der Waals surface area contributed by atoms with E-state index >= 15 is 0 Å². The van der Waals surface area contributed by atoms with Crippen LogP contribution in [-0.4, -0.2) is 59.3 Å². The lowest BCUT2D eigenvalue weighted by Gasteiger charge is -2.41. The number of hydrogen-bond acceptors (Lipinski definition) is 6. The van der Waals surface area contributed by atoms with Crippen molar-refractivity contribution < 1.29 is 24.0 Å². The van der Waals surface area contributed by atoms with E-state index in [0.29, 0.717) is 25.9 Å². The monoisotopic (exact) mass is 558 g/mol. The van der Waals surface area contributed by atoms with E-state index in [0.717, 1.165) is 18.4 Å². The first-order valence-electron chi connectivity index (χ1n) is 14.6. The number of hydrazine groups is 1. The number of nitrogens with two attached hydrogens (primary N) is 1. The van der Waals surface area contributed by atoms with Crippen LogP contribution in [-0.2, 0) is 24.0 Å². The highest BCUT2D eigenvalue weighted by Gasteiger charge is 2.38. The molecule has 3 amide bonds. The Balaban J connectivity index is 2.46. The van der Waals surface area contributed by atoms with Crippen molar-refractivity contribution in [3.05, 3.63) is 42.0 Å². The molecule has 1 saturated heterocycles. The lowest BCUT2D eigenvalue weighted by Crippen LogP contribution is -2.61. The summed E-state index contributed by atoms with van der Waals surface area (Å²) in [5.41, 5.74) is 9.44. The Morgan fingerprint density at radius 1 is 1.15 bits per heavy atom. The fourth-order valence-electron chi connectivity index (χ4n) is 4.21. The highest BCUT2D eigenvalue weighted by atomic mass is 16.8. The number of carbonyl (C=O) groups is 3. The SMILES string of the molecule is CC(C)CCC(=O)N([C@@H](CC=Cc1ccccc1)C(=O)NOC1CCCCO1)N(CCC(C)(C)C)C(=O)[C@@H](C)N. The number of carbonyl (C=O) groups excluding carboxylic acids is 3. The summed E-state index contributed by atoms with van der Waals surface area (Å²) in [6.07, 6.45) is 7.33. The van der Waals surface area contributed by atoms with Crippen LogP contribution in [0.25, 0.3) is 6.08 Å². The van der Waals surface area contributed by atoms with Gasteiger partial charge in [0.1, 0.15) is 6.04 Å². The van der Waals surface area contributed by atoms with Crippen LogP contribution in [0.15, 0.2) is 36.4 Å². The maximum atomic E-state index is 13.8. The molecule has 1 aliphatic heterocycles. The molecule has 1 fully saturated rings. The quantitative estimate of drug-likeness (QED) is 0.336.